The summed E-state index contributed by atoms with van der Waals surface area (Å²) in [5, 5.41) is 4.12. The van der Waals surface area contributed by atoms with Crippen molar-refractivity contribution in [3.63, 3.8) is 0 Å². The number of thiazole rings is 1. The second kappa shape index (κ2) is 8.90. The zero-order valence-electron chi connectivity index (χ0n) is 15.5. The third kappa shape index (κ3) is 4.63. The molecule has 3 rings (SSSR count). The quantitative estimate of drug-likeness (QED) is 0.546. The summed E-state index contributed by atoms with van der Waals surface area (Å²) in [4.78, 5) is 31.2. The van der Waals surface area contributed by atoms with Crippen molar-refractivity contribution in [2.24, 2.45) is 0 Å². The first-order valence-corrected chi connectivity index (χ1v) is 10.3. The number of benzene rings is 2. The van der Waals surface area contributed by atoms with Crippen LogP contribution in [0.1, 0.15) is 35.1 Å². The number of nitrogens with one attached hydrogen (secondary N) is 1. The van der Waals surface area contributed by atoms with Gasteiger partial charge in [0.1, 0.15) is 5.01 Å². The van der Waals surface area contributed by atoms with E-state index in [1.807, 2.05) is 31.2 Å². The summed E-state index contributed by atoms with van der Waals surface area (Å²) in [6.45, 7) is 2.24. The van der Waals surface area contributed by atoms with Gasteiger partial charge in [0.15, 0.2) is 0 Å². The van der Waals surface area contributed by atoms with E-state index in [1.54, 1.807) is 7.05 Å². The van der Waals surface area contributed by atoms with E-state index >= 15 is 0 Å². The molecule has 0 aliphatic carbocycles. The predicted octanol–water partition coefficient (Wildman–Crippen LogP) is 5.61. The second-order valence-electron chi connectivity index (χ2n) is 6.34. The van der Waals surface area contributed by atoms with Crippen LogP contribution < -0.4 is 5.32 Å². The molecule has 0 saturated heterocycles. The SMILES string of the molecule is CCCC(=O)Nc1c(Cl)cc(Cl)cc1C(=O)N(C)Cc1nc2ccccc2s1. The lowest BCUT2D eigenvalue weighted by Crippen LogP contribution is -2.27. The molecule has 146 valence electrons. The van der Waals surface area contributed by atoms with E-state index in [0.717, 1.165) is 15.2 Å². The third-order valence-corrected chi connectivity index (χ3v) is 5.62. The minimum absolute atomic E-state index is 0.199. The maximum atomic E-state index is 13.1. The number of carbonyl (C=O) groups excluding carboxylic acids is 2. The molecule has 1 aromatic heterocycles. The van der Waals surface area contributed by atoms with E-state index in [2.05, 4.69) is 10.3 Å². The zero-order chi connectivity index (χ0) is 20.3. The van der Waals surface area contributed by atoms with Crippen LogP contribution in [0.3, 0.4) is 0 Å². The minimum atomic E-state index is -0.296. The Labute approximate surface area is 177 Å². The number of carbonyl (C=O) groups is 2. The smallest absolute Gasteiger partial charge is 0.256 e. The highest BCUT2D eigenvalue weighted by Gasteiger charge is 2.21. The van der Waals surface area contributed by atoms with Crippen molar-refractivity contribution in [3.8, 4) is 0 Å². The van der Waals surface area contributed by atoms with Crippen molar-refractivity contribution in [2.75, 3.05) is 12.4 Å². The molecule has 0 aliphatic rings. The number of halogens is 2. The summed E-state index contributed by atoms with van der Waals surface area (Å²) in [6, 6.07) is 10.9. The summed E-state index contributed by atoms with van der Waals surface area (Å²) in [5.41, 5.74) is 1.44. The molecule has 8 heteroatoms. The van der Waals surface area contributed by atoms with Gasteiger partial charge >= 0.3 is 0 Å². The highest BCUT2D eigenvalue weighted by molar-refractivity contribution is 7.18. The van der Waals surface area contributed by atoms with Crippen LogP contribution in [0.15, 0.2) is 36.4 Å². The molecule has 1 N–H and O–H groups in total. The van der Waals surface area contributed by atoms with E-state index in [4.69, 9.17) is 23.2 Å². The molecule has 0 radical (unpaired) electrons. The van der Waals surface area contributed by atoms with Crippen molar-refractivity contribution in [1.29, 1.82) is 0 Å². The Balaban J connectivity index is 1.86. The first kappa shape index (κ1) is 20.6. The van der Waals surface area contributed by atoms with Crippen molar-refractivity contribution < 1.29 is 9.59 Å². The standard InChI is InChI=1S/C20H19Cl2N3O2S/c1-3-6-17(26)24-19-13(9-12(21)10-14(19)22)20(27)25(2)11-18-23-15-7-4-5-8-16(15)28-18/h4-5,7-10H,3,6,11H2,1-2H3,(H,24,26). The van der Waals surface area contributed by atoms with Gasteiger partial charge in [0.05, 0.1) is 33.0 Å². The van der Waals surface area contributed by atoms with Gasteiger partial charge in [0.2, 0.25) is 5.91 Å². The van der Waals surface area contributed by atoms with Crippen LogP contribution in [0.5, 0.6) is 0 Å². The number of para-hydroxylation sites is 1. The van der Waals surface area contributed by atoms with E-state index in [9.17, 15) is 9.59 Å². The van der Waals surface area contributed by atoms with Gasteiger partial charge < -0.3 is 10.2 Å². The van der Waals surface area contributed by atoms with Crippen LogP contribution in [-0.2, 0) is 11.3 Å². The van der Waals surface area contributed by atoms with E-state index in [-0.39, 0.29) is 28.1 Å². The average molecular weight is 436 g/mol. The van der Waals surface area contributed by atoms with Crippen LogP contribution in [0.2, 0.25) is 10.0 Å². The zero-order valence-corrected chi connectivity index (χ0v) is 17.8. The topological polar surface area (TPSA) is 62.3 Å². The molecule has 0 saturated carbocycles. The van der Waals surface area contributed by atoms with Gasteiger partial charge in [-0.3, -0.25) is 9.59 Å². The van der Waals surface area contributed by atoms with Gasteiger partial charge in [-0.1, -0.05) is 42.3 Å². The number of aromatic nitrogens is 1. The Kier molecular flexibility index (Phi) is 6.54. The first-order chi connectivity index (χ1) is 13.4. The lowest BCUT2D eigenvalue weighted by atomic mass is 10.1. The number of hydrogen-bond acceptors (Lipinski definition) is 4. The molecule has 5 nitrogen and oxygen atoms in total. The summed E-state index contributed by atoms with van der Waals surface area (Å²) >= 11 is 13.9. The Morgan fingerprint density at radius 2 is 1.96 bits per heavy atom. The Hall–Kier alpha value is -2.15. The third-order valence-electron chi connectivity index (χ3n) is 4.08. The summed E-state index contributed by atoms with van der Waals surface area (Å²) in [6.07, 6.45) is 1.03. The van der Waals surface area contributed by atoms with Crippen molar-refractivity contribution in [1.82, 2.24) is 9.88 Å². The Bertz CT molecular complexity index is 1000. The maximum Gasteiger partial charge on any atom is 0.256 e. The first-order valence-electron chi connectivity index (χ1n) is 8.77. The highest BCUT2D eigenvalue weighted by Crippen LogP contribution is 2.32. The maximum absolute atomic E-state index is 13.1. The van der Waals surface area contributed by atoms with Crippen molar-refractivity contribution in [3.05, 3.63) is 57.0 Å². The fraction of sp³-hybridized carbons (Fsp3) is 0.250. The molecule has 3 aromatic rings. The van der Waals surface area contributed by atoms with Crippen molar-refractivity contribution >= 4 is 62.3 Å². The molecule has 1 heterocycles. The molecule has 28 heavy (non-hydrogen) atoms. The van der Waals surface area contributed by atoms with Crippen LogP contribution >= 0.6 is 34.5 Å². The molecular weight excluding hydrogens is 417 g/mol. The van der Waals surface area contributed by atoms with E-state index < -0.39 is 0 Å². The van der Waals surface area contributed by atoms with Crippen LogP contribution in [-0.4, -0.2) is 28.7 Å². The monoisotopic (exact) mass is 435 g/mol. The van der Waals surface area contributed by atoms with E-state index in [0.29, 0.717) is 24.4 Å². The second-order valence-corrected chi connectivity index (χ2v) is 8.30. The van der Waals surface area contributed by atoms with Gasteiger partial charge in [-0.25, -0.2) is 4.98 Å². The number of rotatable bonds is 6. The molecule has 0 unspecified atom stereocenters. The number of nitrogens with zero attached hydrogens (tertiary/aromatic N) is 2. The average Bonchev–Trinajstić information content (AvgIpc) is 3.05. The summed E-state index contributed by atoms with van der Waals surface area (Å²) < 4.78 is 1.07. The van der Waals surface area contributed by atoms with Crippen LogP contribution in [0, 0.1) is 0 Å². The number of anilines is 1. The fourth-order valence-electron chi connectivity index (χ4n) is 2.77. The van der Waals surface area contributed by atoms with Gasteiger partial charge in [0.25, 0.3) is 5.91 Å². The molecular formula is C20H19Cl2N3O2S. The highest BCUT2D eigenvalue weighted by atomic mass is 35.5. The molecule has 0 aliphatic heterocycles. The minimum Gasteiger partial charge on any atom is -0.335 e. The number of hydrogen-bond donors (Lipinski definition) is 1. The predicted molar refractivity (Wildman–Crippen MR) is 115 cm³/mol. The fourth-order valence-corrected chi connectivity index (χ4v) is 4.33. The number of fused-ring (bicyclic) bond motifs is 1. The van der Waals surface area contributed by atoms with Gasteiger partial charge in [-0.15, -0.1) is 11.3 Å². The van der Waals surface area contributed by atoms with Crippen LogP contribution in [0.25, 0.3) is 10.2 Å². The molecule has 0 spiro atoms. The number of amides is 2. The summed E-state index contributed by atoms with van der Waals surface area (Å²) in [5.74, 6) is -0.495. The lowest BCUT2D eigenvalue weighted by Gasteiger charge is -2.19. The Morgan fingerprint density at radius 1 is 1.21 bits per heavy atom. The Morgan fingerprint density at radius 3 is 2.68 bits per heavy atom. The van der Waals surface area contributed by atoms with Crippen LogP contribution in [0.4, 0.5) is 5.69 Å². The van der Waals surface area contributed by atoms with Gasteiger partial charge in [-0.2, -0.15) is 0 Å². The lowest BCUT2D eigenvalue weighted by molar-refractivity contribution is -0.116. The van der Waals surface area contributed by atoms with E-state index in [1.165, 1.54) is 28.4 Å². The molecule has 2 aromatic carbocycles. The normalized spacial score (nSPS) is 10.9. The van der Waals surface area contributed by atoms with Crippen molar-refractivity contribution in [2.45, 2.75) is 26.3 Å². The molecule has 2 amide bonds. The van der Waals surface area contributed by atoms with Gasteiger partial charge in [0, 0.05) is 18.5 Å². The molecule has 0 bridgehead atoms. The molecule has 0 atom stereocenters. The summed E-state index contributed by atoms with van der Waals surface area (Å²) in [7, 11) is 1.68. The largest absolute Gasteiger partial charge is 0.335 e. The van der Waals surface area contributed by atoms with Gasteiger partial charge in [-0.05, 0) is 30.7 Å². The molecule has 0 fully saturated rings.